The highest BCUT2D eigenvalue weighted by molar-refractivity contribution is 5.83. The van der Waals surface area contributed by atoms with Gasteiger partial charge in [-0.05, 0) is 38.6 Å². The topological polar surface area (TPSA) is 113 Å². The van der Waals surface area contributed by atoms with Crippen molar-refractivity contribution >= 4 is 17.8 Å². The first-order chi connectivity index (χ1) is 10.5. The number of nitrogens with zero attached hydrogens (tertiary/aromatic N) is 1. The van der Waals surface area contributed by atoms with Crippen molar-refractivity contribution in [3.8, 4) is 0 Å². The van der Waals surface area contributed by atoms with Gasteiger partial charge in [0.05, 0.1) is 6.04 Å². The maximum absolute atomic E-state index is 12.4. The summed E-state index contributed by atoms with van der Waals surface area (Å²) in [6, 6.07) is -0.370. The molecule has 0 aromatic rings. The summed E-state index contributed by atoms with van der Waals surface area (Å²) in [5.41, 5.74) is 5.17. The van der Waals surface area contributed by atoms with E-state index in [2.05, 4.69) is 5.32 Å². The van der Waals surface area contributed by atoms with Crippen LogP contribution in [0.2, 0.25) is 0 Å². The highest BCUT2D eigenvalue weighted by Crippen LogP contribution is 2.11. The number of nitrogens with two attached hydrogens (primary N) is 1. The van der Waals surface area contributed by atoms with Gasteiger partial charge in [-0.1, -0.05) is 6.42 Å². The van der Waals surface area contributed by atoms with Gasteiger partial charge < -0.3 is 21.1 Å². The monoisotopic (exact) mass is 313 g/mol. The largest absolute Gasteiger partial charge is 0.481 e. The van der Waals surface area contributed by atoms with Gasteiger partial charge in [0.15, 0.2) is 0 Å². The number of unbranched alkanes of at least 4 members (excludes halogenated alkanes) is 2. The number of hydrogen-bond donors (Lipinski definition) is 3. The van der Waals surface area contributed by atoms with Crippen LogP contribution in [0, 0.1) is 0 Å². The average Bonchev–Trinajstić information content (AvgIpc) is 2.98. The molecule has 1 atom stereocenters. The Hall–Kier alpha value is -1.63. The minimum absolute atomic E-state index is 0.0456. The molecule has 126 valence electrons. The molecule has 1 unspecified atom stereocenters. The molecular formula is C15H27N3O4. The maximum Gasteiger partial charge on any atom is 0.303 e. The zero-order valence-corrected chi connectivity index (χ0v) is 13.1. The predicted octanol–water partition coefficient (Wildman–Crippen LogP) is 0.477. The molecule has 1 aliphatic rings. The molecule has 0 spiro atoms. The van der Waals surface area contributed by atoms with Crippen LogP contribution in [0.15, 0.2) is 0 Å². The van der Waals surface area contributed by atoms with Crippen LogP contribution in [-0.2, 0) is 14.4 Å². The molecule has 0 aliphatic carbocycles. The van der Waals surface area contributed by atoms with Crippen LogP contribution in [-0.4, -0.2) is 53.5 Å². The van der Waals surface area contributed by atoms with Crippen LogP contribution in [0.5, 0.6) is 0 Å². The fourth-order valence-electron chi connectivity index (χ4n) is 2.61. The van der Waals surface area contributed by atoms with Crippen molar-refractivity contribution < 1.29 is 19.5 Å². The van der Waals surface area contributed by atoms with Crippen molar-refractivity contribution in [2.45, 2.75) is 57.4 Å². The molecule has 1 saturated heterocycles. The lowest BCUT2D eigenvalue weighted by Crippen LogP contribution is -2.46. The average molecular weight is 313 g/mol. The molecule has 0 bridgehead atoms. The van der Waals surface area contributed by atoms with Gasteiger partial charge >= 0.3 is 5.97 Å². The van der Waals surface area contributed by atoms with E-state index in [-0.39, 0.29) is 24.8 Å². The van der Waals surface area contributed by atoms with Gasteiger partial charge in [-0.2, -0.15) is 0 Å². The first kappa shape index (κ1) is 18.4. The summed E-state index contributed by atoms with van der Waals surface area (Å²) in [7, 11) is 0. The number of aliphatic carboxylic acids is 1. The van der Waals surface area contributed by atoms with Gasteiger partial charge in [0.25, 0.3) is 0 Å². The molecule has 2 amide bonds. The number of likely N-dealkylation sites (tertiary alicyclic amines) is 1. The third-order valence-electron chi connectivity index (χ3n) is 3.85. The summed E-state index contributed by atoms with van der Waals surface area (Å²) in [5, 5.41) is 11.8. The standard InChI is InChI=1S/C15H27N3O4/c16-13(19)8-7-12(15(22)18-10-4-5-11-18)17-9-3-1-2-6-14(20)21/h12,17H,1-11H2,(H2,16,19)(H,20,21). The first-order valence-electron chi connectivity index (χ1n) is 8.03. The number of amides is 2. The van der Waals surface area contributed by atoms with Crippen molar-refractivity contribution in [2.24, 2.45) is 5.73 Å². The molecule has 1 rings (SSSR count). The van der Waals surface area contributed by atoms with Crippen molar-refractivity contribution in [3.05, 3.63) is 0 Å². The number of nitrogens with one attached hydrogen (secondary N) is 1. The second-order valence-electron chi connectivity index (χ2n) is 5.75. The Balaban J connectivity index is 2.32. The van der Waals surface area contributed by atoms with E-state index in [9.17, 15) is 14.4 Å². The minimum atomic E-state index is -0.781. The van der Waals surface area contributed by atoms with Gasteiger partial charge in [0.1, 0.15) is 0 Å². The minimum Gasteiger partial charge on any atom is -0.481 e. The Morgan fingerprint density at radius 3 is 2.36 bits per heavy atom. The Bertz CT molecular complexity index is 381. The van der Waals surface area contributed by atoms with E-state index in [1.165, 1.54) is 0 Å². The van der Waals surface area contributed by atoms with Crippen molar-refractivity contribution in [2.75, 3.05) is 19.6 Å². The van der Waals surface area contributed by atoms with Crippen LogP contribution in [0.25, 0.3) is 0 Å². The molecule has 1 heterocycles. The van der Waals surface area contributed by atoms with Crippen LogP contribution in [0.3, 0.4) is 0 Å². The zero-order chi connectivity index (χ0) is 16.4. The smallest absolute Gasteiger partial charge is 0.303 e. The van der Waals surface area contributed by atoms with Crippen LogP contribution >= 0.6 is 0 Å². The first-order valence-corrected chi connectivity index (χ1v) is 8.03. The summed E-state index contributed by atoms with van der Waals surface area (Å²) < 4.78 is 0. The Kier molecular flexibility index (Phi) is 8.50. The van der Waals surface area contributed by atoms with Crippen molar-refractivity contribution in [3.63, 3.8) is 0 Å². The predicted molar refractivity (Wildman–Crippen MR) is 82.1 cm³/mol. The third-order valence-corrected chi connectivity index (χ3v) is 3.85. The number of rotatable bonds is 11. The second kappa shape index (κ2) is 10.2. The SMILES string of the molecule is NC(=O)CCC(NCCCCCC(=O)O)C(=O)N1CCCC1. The van der Waals surface area contributed by atoms with Gasteiger partial charge in [0.2, 0.25) is 11.8 Å². The number of carbonyl (C=O) groups excluding carboxylic acids is 2. The third kappa shape index (κ3) is 7.40. The molecule has 0 saturated carbocycles. The highest BCUT2D eigenvalue weighted by atomic mass is 16.4. The summed E-state index contributed by atoms with van der Waals surface area (Å²) in [6.45, 7) is 2.21. The Morgan fingerprint density at radius 1 is 1.09 bits per heavy atom. The van der Waals surface area contributed by atoms with Crippen molar-refractivity contribution in [1.29, 1.82) is 0 Å². The quantitative estimate of drug-likeness (QED) is 0.480. The number of primary amides is 1. The molecule has 1 fully saturated rings. The molecule has 0 radical (unpaired) electrons. The molecule has 7 heteroatoms. The highest BCUT2D eigenvalue weighted by Gasteiger charge is 2.26. The molecule has 0 aromatic heterocycles. The van der Waals surface area contributed by atoms with Gasteiger partial charge in [-0.3, -0.25) is 14.4 Å². The lowest BCUT2D eigenvalue weighted by atomic mass is 10.1. The van der Waals surface area contributed by atoms with Crippen LogP contribution < -0.4 is 11.1 Å². The van der Waals surface area contributed by atoms with Gasteiger partial charge in [-0.25, -0.2) is 0 Å². The van der Waals surface area contributed by atoms with E-state index < -0.39 is 11.9 Å². The second-order valence-corrected chi connectivity index (χ2v) is 5.75. The summed E-state index contributed by atoms with van der Waals surface area (Å²) in [6.07, 6.45) is 5.11. The van der Waals surface area contributed by atoms with E-state index in [0.717, 1.165) is 38.8 Å². The van der Waals surface area contributed by atoms with E-state index >= 15 is 0 Å². The Labute approximate surface area is 131 Å². The molecular weight excluding hydrogens is 286 g/mol. The van der Waals surface area contributed by atoms with Crippen LogP contribution in [0.4, 0.5) is 0 Å². The molecule has 4 N–H and O–H groups in total. The van der Waals surface area contributed by atoms with E-state index in [1.807, 2.05) is 4.90 Å². The molecule has 1 aliphatic heterocycles. The van der Waals surface area contributed by atoms with Crippen molar-refractivity contribution in [1.82, 2.24) is 10.2 Å². The molecule has 7 nitrogen and oxygen atoms in total. The number of carboxylic acids is 1. The fraction of sp³-hybridized carbons (Fsp3) is 0.800. The number of carbonyl (C=O) groups is 3. The van der Waals surface area contributed by atoms with E-state index in [0.29, 0.717) is 19.4 Å². The fourth-order valence-corrected chi connectivity index (χ4v) is 2.61. The van der Waals surface area contributed by atoms with Crippen LogP contribution in [0.1, 0.15) is 51.4 Å². The lowest BCUT2D eigenvalue weighted by Gasteiger charge is -2.24. The number of hydrogen-bond acceptors (Lipinski definition) is 4. The van der Waals surface area contributed by atoms with Gasteiger partial charge in [-0.15, -0.1) is 0 Å². The maximum atomic E-state index is 12.4. The summed E-state index contributed by atoms with van der Waals surface area (Å²) >= 11 is 0. The molecule has 22 heavy (non-hydrogen) atoms. The molecule has 0 aromatic carbocycles. The van der Waals surface area contributed by atoms with E-state index in [4.69, 9.17) is 10.8 Å². The summed E-state index contributed by atoms with van der Waals surface area (Å²) in [5.74, 6) is -1.14. The normalized spacial score (nSPS) is 15.7. The summed E-state index contributed by atoms with van der Waals surface area (Å²) in [4.78, 5) is 35.6. The number of carboxylic acid groups (broad SMARTS) is 1. The lowest BCUT2D eigenvalue weighted by molar-refractivity contribution is -0.137. The van der Waals surface area contributed by atoms with E-state index in [1.54, 1.807) is 0 Å². The Morgan fingerprint density at radius 2 is 1.77 bits per heavy atom. The zero-order valence-electron chi connectivity index (χ0n) is 13.1. The van der Waals surface area contributed by atoms with Gasteiger partial charge in [0, 0.05) is 25.9 Å².